The molecule has 0 radical (unpaired) electrons. The van der Waals surface area contributed by atoms with Crippen molar-refractivity contribution in [2.24, 2.45) is 57.2 Å². The Morgan fingerprint density at radius 1 is 0.900 bits per heavy atom. The summed E-state index contributed by atoms with van der Waals surface area (Å²) in [6.45, 7) is 18.6. The molecule has 0 aliphatic heterocycles. The molecule has 0 unspecified atom stereocenters. The van der Waals surface area contributed by atoms with Crippen LogP contribution >= 0.6 is 0 Å². The van der Waals surface area contributed by atoms with Crippen LogP contribution in [0, 0.1) is 57.2 Å². The molecule has 226 valence electrons. The zero-order valence-electron chi connectivity index (χ0n) is 26.6. The van der Waals surface area contributed by atoms with E-state index in [0.717, 1.165) is 32.1 Å². The topological polar surface area (TPSA) is 86.7 Å². The van der Waals surface area contributed by atoms with Gasteiger partial charge in [0.15, 0.2) is 0 Å². The smallest absolute Gasteiger partial charge is 0.302 e. The van der Waals surface area contributed by atoms with Crippen LogP contribution in [0.2, 0.25) is 0 Å². The summed E-state index contributed by atoms with van der Waals surface area (Å²) in [7, 11) is 0. The molecule has 0 saturated heterocycles. The molecule has 0 amide bonds. The van der Waals surface area contributed by atoms with E-state index in [9.17, 15) is 19.2 Å². The summed E-state index contributed by atoms with van der Waals surface area (Å²) >= 11 is 0. The zero-order chi connectivity index (χ0) is 29.8. The Morgan fingerprint density at radius 2 is 1.57 bits per heavy atom. The highest BCUT2D eigenvalue weighted by atomic mass is 16.5. The molecule has 9 atom stereocenters. The first kappa shape index (κ1) is 31.2. The van der Waals surface area contributed by atoms with Gasteiger partial charge in [-0.25, -0.2) is 0 Å². The van der Waals surface area contributed by atoms with Crippen LogP contribution in [0.15, 0.2) is 0 Å². The monoisotopic (exact) mass is 558 g/mol. The summed E-state index contributed by atoms with van der Waals surface area (Å²) < 4.78 is 11.6. The minimum absolute atomic E-state index is 0.0347. The van der Waals surface area contributed by atoms with Gasteiger partial charge in [0.2, 0.25) is 0 Å². The van der Waals surface area contributed by atoms with Crippen molar-refractivity contribution >= 4 is 23.5 Å². The molecule has 40 heavy (non-hydrogen) atoms. The minimum atomic E-state index is -0.516. The van der Waals surface area contributed by atoms with E-state index in [-0.39, 0.29) is 65.3 Å². The molecule has 6 heteroatoms. The van der Waals surface area contributed by atoms with Gasteiger partial charge in [-0.1, -0.05) is 67.7 Å². The maximum absolute atomic E-state index is 14.5. The normalized spacial score (nSPS) is 41.1. The van der Waals surface area contributed by atoms with Crippen LogP contribution in [0.4, 0.5) is 0 Å². The quantitative estimate of drug-likeness (QED) is 0.299. The summed E-state index contributed by atoms with van der Waals surface area (Å²) in [6, 6.07) is 0. The maximum atomic E-state index is 14.5. The molecule has 0 spiro atoms. The van der Waals surface area contributed by atoms with Gasteiger partial charge in [0, 0.05) is 49.4 Å². The number of Topliss-reactive ketones (excluding diaryl/α,β-unsaturated/α-hetero) is 2. The lowest BCUT2D eigenvalue weighted by Gasteiger charge is -2.66. The Bertz CT molecular complexity index is 1030. The number of ketones is 2. The highest BCUT2D eigenvalue weighted by Gasteiger charge is 2.74. The fraction of sp³-hybridized carbons (Fsp3) is 0.882. The predicted octanol–water partition coefficient (Wildman–Crippen LogP) is 6.97. The fourth-order valence-corrected chi connectivity index (χ4v) is 10.6. The standard InChI is InChI=1S/C34H54O6/c1-20(2)11-10-12-21(3)24-13-16-33(9)30-25(37)17-27-31(6,7)28(40-23(5)36)14-15-32(27,8)29(30)26(38)18-34(24,33)19-39-22(4)35/h20-21,24,27-30H,10-19H2,1-9H3/t21-,24-,27+,28+,29+,30-,32+,33+,34+/m1/s1. The van der Waals surface area contributed by atoms with Crippen LogP contribution in [0.1, 0.15) is 120 Å². The van der Waals surface area contributed by atoms with Crippen molar-refractivity contribution in [1.82, 2.24) is 0 Å². The van der Waals surface area contributed by atoms with E-state index in [4.69, 9.17) is 9.47 Å². The number of rotatable bonds is 8. The fourth-order valence-electron chi connectivity index (χ4n) is 10.6. The van der Waals surface area contributed by atoms with Gasteiger partial charge in [-0.15, -0.1) is 0 Å². The lowest BCUT2D eigenvalue weighted by molar-refractivity contribution is -0.212. The summed E-state index contributed by atoms with van der Waals surface area (Å²) in [5.41, 5.74) is -1.67. The van der Waals surface area contributed by atoms with Crippen LogP contribution in [0.3, 0.4) is 0 Å². The van der Waals surface area contributed by atoms with Gasteiger partial charge in [-0.2, -0.15) is 0 Å². The zero-order valence-corrected chi connectivity index (χ0v) is 26.6. The number of esters is 2. The second kappa shape index (κ2) is 10.8. The Balaban J connectivity index is 1.73. The SMILES string of the molecule is CC(=O)OC[C@]12CC(=O)[C@H]3[C@@H](C(=O)C[C@H]4C(C)(C)[C@@H](OC(C)=O)CC[C@]34C)[C@]1(C)CC[C@@H]2[C@H](C)CCCC(C)C. The highest BCUT2D eigenvalue weighted by molar-refractivity contribution is 5.95. The molecule has 0 aromatic carbocycles. The van der Waals surface area contributed by atoms with Crippen LogP contribution in [0.5, 0.6) is 0 Å². The van der Waals surface area contributed by atoms with Crippen molar-refractivity contribution in [1.29, 1.82) is 0 Å². The van der Waals surface area contributed by atoms with Gasteiger partial charge in [-0.05, 0) is 60.2 Å². The van der Waals surface area contributed by atoms with Gasteiger partial charge >= 0.3 is 11.9 Å². The molecule has 0 aromatic heterocycles. The summed E-state index contributed by atoms with van der Waals surface area (Å²) in [6.07, 6.45) is 7.25. The van der Waals surface area contributed by atoms with Gasteiger partial charge in [0.1, 0.15) is 17.7 Å². The lowest BCUT2D eigenvalue weighted by Crippen LogP contribution is -2.68. The number of hydrogen-bond acceptors (Lipinski definition) is 6. The summed E-state index contributed by atoms with van der Waals surface area (Å²) in [5.74, 6) is 0.285. The minimum Gasteiger partial charge on any atom is -0.465 e. The number of carbonyl (C=O) groups is 4. The molecule has 4 rings (SSSR count). The average Bonchev–Trinajstić information content (AvgIpc) is 3.13. The van der Waals surface area contributed by atoms with E-state index in [1.54, 1.807) is 0 Å². The van der Waals surface area contributed by atoms with Crippen LogP contribution in [-0.2, 0) is 28.7 Å². The molecule has 4 saturated carbocycles. The van der Waals surface area contributed by atoms with Crippen LogP contribution < -0.4 is 0 Å². The van der Waals surface area contributed by atoms with E-state index < -0.39 is 16.2 Å². The van der Waals surface area contributed by atoms with Crippen molar-refractivity contribution in [2.75, 3.05) is 6.61 Å². The van der Waals surface area contributed by atoms with Gasteiger partial charge in [0.25, 0.3) is 0 Å². The number of hydrogen-bond donors (Lipinski definition) is 0. The van der Waals surface area contributed by atoms with E-state index in [1.807, 2.05) is 0 Å². The van der Waals surface area contributed by atoms with Crippen molar-refractivity contribution in [2.45, 2.75) is 126 Å². The van der Waals surface area contributed by atoms with Gasteiger partial charge < -0.3 is 9.47 Å². The molecular weight excluding hydrogens is 504 g/mol. The van der Waals surface area contributed by atoms with E-state index in [0.29, 0.717) is 31.1 Å². The third-order valence-electron chi connectivity index (χ3n) is 12.6. The second-order valence-corrected chi connectivity index (χ2v) is 15.6. The average molecular weight is 559 g/mol. The lowest BCUT2D eigenvalue weighted by atomic mass is 9.37. The largest absolute Gasteiger partial charge is 0.465 e. The van der Waals surface area contributed by atoms with Gasteiger partial charge in [-0.3, -0.25) is 19.2 Å². The van der Waals surface area contributed by atoms with E-state index in [1.165, 1.54) is 20.3 Å². The first-order valence-corrected chi connectivity index (χ1v) is 15.9. The highest BCUT2D eigenvalue weighted by Crippen LogP contribution is 2.73. The van der Waals surface area contributed by atoms with E-state index in [2.05, 4.69) is 48.5 Å². The van der Waals surface area contributed by atoms with Crippen molar-refractivity contribution in [3.8, 4) is 0 Å². The first-order chi connectivity index (χ1) is 18.5. The molecule has 4 aliphatic rings. The third-order valence-corrected chi connectivity index (χ3v) is 12.6. The maximum Gasteiger partial charge on any atom is 0.302 e. The summed E-state index contributed by atoms with van der Waals surface area (Å²) in [5, 5.41) is 0. The van der Waals surface area contributed by atoms with Crippen molar-refractivity contribution < 1.29 is 28.7 Å². The Morgan fingerprint density at radius 3 is 2.17 bits per heavy atom. The van der Waals surface area contributed by atoms with Crippen molar-refractivity contribution in [3.05, 3.63) is 0 Å². The molecule has 6 nitrogen and oxygen atoms in total. The van der Waals surface area contributed by atoms with Crippen molar-refractivity contribution in [3.63, 3.8) is 0 Å². The molecular formula is C34H54O6. The van der Waals surface area contributed by atoms with Crippen LogP contribution in [-0.4, -0.2) is 36.2 Å². The Kier molecular flexibility index (Phi) is 8.46. The molecule has 4 fully saturated rings. The van der Waals surface area contributed by atoms with Gasteiger partial charge in [0.05, 0.1) is 6.61 Å². The number of ether oxygens (including phenoxy) is 2. The molecule has 0 N–H and O–H groups in total. The molecule has 0 aromatic rings. The number of fused-ring (bicyclic) bond motifs is 5. The molecule has 4 aliphatic carbocycles. The number of carbonyl (C=O) groups excluding carboxylic acids is 4. The third kappa shape index (κ3) is 4.87. The van der Waals surface area contributed by atoms with Crippen LogP contribution in [0.25, 0.3) is 0 Å². The predicted molar refractivity (Wildman–Crippen MR) is 154 cm³/mol. The first-order valence-electron chi connectivity index (χ1n) is 15.9. The Hall–Kier alpha value is -1.72. The molecule has 0 bridgehead atoms. The Labute approximate surface area is 242 Å². The summed E-state index contributed by atoms with van der Waals surface area (Å²) in [4.78, 5) is 52.9. The molecule has 0 heterocycles. The van der Waals surface area contributed by atoms with E-state index >= 15 is 0 Å². The second-order valence-electron chi connectivity index (χ2n) is 15.6.